The van der Waals surface area contributed by atoms with Crippen LogP contribution in [0.25, 0.3) is 6.08 Å². The van der Waals surface area contributed by atoms with Crippen molar-refractivity contribution in [2.24, 2.45) is 5.92 Å². The van der Waals surface area contributed by atoms with Crippen LogP contribution in [0.4, 0.5) is 10.7 Å². The molecular weight excluding hydrogens is 656 g/mol. The Hall–Kier alpha value is -4.17. The zero-order valence-corrected chi connectivity index (χ0v) is 27.1. The number of rotatable bonds is 9. The number of nitriles is 1. The van der Waals surface area contributed by atoms with Crippen LogP contribution in [0.15, 0.2) is 93.9 Å². The van der Waals surface area contributed by atoms with Crippen molar-refractivity contribution in [3.8, 4) is 6.07 Å². The van der Waals surface area contributed by atoms with E-state index in [0.29, 0.717) is 27.7 Å². The molecule has 5 rings (SSSR count). The SMILES string of the molecule is CC1CCc2c(sc(NC(=O)CSc3cccc(NC(=O)/C(=C\c4cccc(Br)c4)NC(=O)c4ccccc4)c3)c2C#N)C1. The third-order valence-electron chi connectivity index (χ3n) is 7.03. The molecule has 3 amide bonds. The molecule has 3 aromatic carbocycles. The molecule has 1 aromatic heterocycles. The van der Waals surface area contributed by atoms with Crippen LogP contribution in [-0.4, -0.2) is 23.5 Å². The molecule has 1 aliphatic rings. The number of thiophene rings is 1. The number of nitrogens with zero attached hydrogens (tertiary/aromatic N) is 1. The molecule has 222 valence electrons. The van der Waals surface area contributed by atoms with E-state index in [4.69, 9.17) is 0 Å². The predicted octanol–water partition coefficient (Wildman–Crippen LogP) is 7.65. The second kappa shape index (κ2) is 14.5. The van der Waals surface area contributed by atoms with E-state index >= 15 is 0 Å². The molecule has 0 spiro atoms. The van der Waals surface area contributed by atoms with Gasteiger partial charge >= 0.3 is 0 Å². The molecule has 4 aromatic rings. The van der Waals surface area contributed by atoms with Gasteiger partial charge in [0.1, 0.15) is 16.8 Å². The molecule has 1 unspecified atom stereocenters. The number of hydrogen-bond acceptors (Lipinski definition) is 6. The summed E-state index contributed by atoms with van der Waals surface area (Å²) in [6.45, 7) is 2.21. The largest absolute Gasteiger partial charge is 0.321 e. The van der Waals surface area contributed by atoms with Crippen LogP contribution >= 0.6 is 39.0 Å². The smallest absolute Gasteiger partial charge is 0.272 e. The van der Waals surface area contributed by atoms with Crippen molar-refractivity contribution in [1.29, 1.82) is 5.26 Å². The van der Waals surface area contributed by atoms with Crippen molar-refractivity contribution in [3.05, 3.63) is 116 Å². The summed E-state index contributed by atoms with van der Waals surface area (Å²) < 4.78 is 0.839. The number of fused-ring (bicyclic) bond motifs is 1. The summed E-state index contributed by atoms with van der Waals surface area (Å²) >= 11 is 6.28. The quantitative estimate of drug-likeness (QED) is 0.124. The average Bonchev–Trinajstić information content (AvgIpc) is 3.36. The summed E-state index contributed by atoms with van der Waals surface area (Å²) in [5.74, 6) is -0.378. The lowest BCUT2D eigenvalue weighted by molar-refractivity contribution is -0.114. The van der Waals surface area contributed by atoms with Crippen molar-refractivity contribution in [2.45, 2.75) is 31.1 Å². The van der Waals surface area contributed by atoms with E-state index in [9.17, 15) is 19.6 Å². The van der Waals surface area contributed by atoms with Gasteiger partial charge < -0.3 is 16.0 Å². The minimum absolute atomic E-state index is 0.0794. The van der Waals surface area contributed by atoms with E-state index in [1.54, 1.807) is 48.5 Å². The van der Waals surface area contributed by atoms with E-state index in [0.717, 1.165) is 39.8 Å². The van der Waals surface area contributed by atoms with Crippen molar-refractivity contribution < 1.29 is 14.4 Å². The Morgan fingerprint density at radius 3 is 2.61 bits per heavy atom. The molecular formula is C34H29BrN4O3S2. The van der Waals surface area contributed by atoms with Gasteiger partial charge in [-0.2, -0.15) is 5.26 Å². The number of thioether (sulfide) groups is 1. The highest BCUT2D eigenvalue weighted by Gasteiger charge is 2.24. The number of amides is 3. The molecule has 7 nitrogen and oxygen atoms in total. The van der Waals surface area contributed by atoms with Crippen LogP contribution in [0.2, 0.25) is 0 Å². The first-order valence-corrected chi connectivity index (χ1v) is 16.6. The third kappa shape index (κ3) is 8.05. The lowest BCUT2D eigenvalue weighted by atomic mass is 9.89. The van der Waals surface area contributed by atoms with Gasteiger partial charge in [-0.3, -0.25) is 14.4 Å². The summed E-state index contributed by atoms with van der Waals surface area (Å²) in [4.78, 5) is 41.1. The lowest BCUT2D eigenvalue weighted by Crippen LogP contribution is -2.30. The van der Waals surface area contributed by atoms with E-state index in [1.165, 1.54) is 28.0 Å². The predicted molar refractivity (Wildman–Crippen MR) is 181 cm³/mol. The molecule has 0 radical (unpaired) electrons. The first-order valence-electron chi connectivity index (χ1n) is 14.0. The molecule has 0 saturated carbocycles. The number of carbonyl (C=O) groups excluding carboxylic acids is 3. The third-order valence-corrected chi connectivity index (χ3v) is 9.68. The maximum atomic E-state index is 13.4. The zero-order valence-electron chi connectivity index (χ0n) is 23.9. The Morgan fingerprint density at radius 2 is 1.84 bits per heavy atom. The molecule has 1 aliphatic carbocycles. The maximum Gasteiger partial charge on any atom is 0.272 e. The van der Waals surface area contributed by atoms with Gasteiger partial charge in [0.05, 0.1) is 11.3 Å². The fourth-order valence-electron chi connectivity index (χ4n) is 4.84. The highest BCUT2D eigenvalue weighted by molar-refractivity contribution is 9.10. The minimum Gasteiger partial charge on any atom is -0.321 e. The van der Waals surface area contributed by atoms with Gasteiger partial charge in [-0.05, 0) is 84.8 Å². The highest BCUT2D eigenvalue weighted by Crippen LogP contribution is 2.39. The van der Waals surface area contributed by atoms with Crippen LogP contribution in [0.3, 0.4) is 0 Å². The second-order valence-electron chi connectivity index (χ2n) is 10.4. The number of nitrogens with one attached hydrogen (secondary N) is 3. The van der Waals surface area contributed by atoms with Gasteiger partial charge in [0.2, 0.25) is 5.91 Å². The van der Waals surface area contributed by atoms with E-state index in [1.807, 2.05) is 36.4 Å². The number of anilines is 2. The number of halogens is 1. The van der Waals surface area contributed by atoms with Crippen LogP contribution in [0, 0.1) is 17.2 Å². The Labute approximate surface area is 272 Å². The molecule has 3 N–H and O–H groups in total. The molecule has 0 fully saturated rings. The highest BCUT2D eigenvalue weighted by atomic mass is 79.9. The monoisotopic (exact) mass is 684 g/mol. The minimum atomic E-state index is -0.492. The summed E-state index contributed by atoms with van der Waals surface area (Å²) in [6, 6.07) is 25.5. The van der Waals surface area contributed by atoms with E-state index in [2.05, 4.69) is 44.9 Å². The lowest BCUT2D eigenvalue weighted by Gasteiger charge is -2.17. The van der Waals surface area contributed by atoms with Gasteiger partial charge in [0.15, 0.2) is 0 Å². The Bertz CT molecular complexity index is 1780. The van der Waals surface area contributed by atoms with E-state index in [-0.39, 0.29) is 17.4 Å². The normalized spacial score (nSPS) is 14.2. The van der Waals surface area contributed by atoms with E-state index < -0.39 is 11.8 Å². The van der Waals surface area contributed by atoms with Gasteiger partial charge in [-0.25, -0.2) is 0 Å². The van der Waals surface area contributed by atoms with Gasteiger partial charge in [-0.1, -0.05) is 59.3 Å². The van der Waals surface area contributed by atoms with Crippen molar-refractivity contribution in [3.63, 3.8) is 0 Å². The van der Waals surface area contributed by atoms with Gasteiger partial charge in [0.25, 0.3) is 11.8 Å². The zero-order chi connectivity index (χ0) is 31.1. The molecule has 0 bridgehead atoms. The Balaban J connectivity index is 1.25. The standard InChI is InChI=1S/C34H29BrN4O3S2/c1-21-13-14-27-28(19-36)34(44-30(27)15-21)39-31(40)20-43-26-12-6-11-25(18-26)37-33(42)29(17-22-7-5-10-24(35)16-22)38-32(41)23-8-3-2-4-9-23/h2-12,16-18,21H,13-15,20H2,1H3,(H,37,42)(H,38,41)(H,39,40)/b29-17+. The molecule has 0 saturated heterocycles. The average molecular weight is 686 g/mol. The topological polar surface area (TPSA) is 111 Å². The first-order chi connectivity index (χ1) is 21.3. The Morgan fingerprint density at radius 1 is 1.05 bits per heavy atom. The first kappa shape index (κ1) is 31.3. The molecule has 1 heterocycles. The number of hydrogen-bond donors (Lipinski definition) is 3. The van der Waals surface area contributed by atoms with Crippen LogP contribution < -0.4 is 16.0 Å². The second-order valence-corrected chi connectivity index (χ2v) is 13.5. The molecule has 0 aliphatic heterocycles. The number of benzene rings is 3. The summed E-state index contributed by atoms with van der Waals surface area (Å²) in [5.41, 5.74) is 3.42. The summed E-state index contributed by atoms with van der Waals surface area (Å²) in [5, 5.41) is 18.9. The summed E-state index contributed by atoms with van der Waals surface area (Å²) in [6.07, 6.45) is 4.47. The van der Waals surface area contributed by atoms with Crippen molar-refractivity contribution in [2.75, 3.05) is 16.4 Å². The van der Waals surface area contributed by atoms with Crippen molar-refractivity contribution in [1.82, 2.24) is 5.32 Å². The fraction of sp³-hybridized carbons (Fsp3) is 0.176. The molecule has 44 heavy (non-hydrogen) atoms. The molecule has 10 heteroatoms. The fourth-order valence-corrected chi connectivity index (χ4v) is 7.39. The Kier molecular flexibility index (Phi) is 10.3. The molecule has 1 atom stereocenters. The van der Waals surface area contributed by atoms with Gasteiger partial charge in [-0.15, -0.1) is 23.1 Å². The van der Waals surface area contributed by atoms with Gasteiger partial charge in [0, 0.05) is 25.5 Å². The maximum absolute atomic E-state index is 13.4. The van der Waals surface area contributed by atoms with Crippen LogP contribution in [0.1, 0.15) is 45.3 Å². The number of carbonyl (C=O) groups is 3. The van der Waals surface area contributed by atoms with Crippen molar-refractivity contribution >= 4 is 73.5 Å². The summed E-state index contributed by atoms with van der Waals surface area (Å²) in [7, 11) is 0. The van der Waals surface area contributed by atoms with Crippen LogP contribution in [-0.2, 0) is 22.4 Å². The van der Waals surface area contributed by atoms with Crippen LogP contribution in [0.5, 0.6) is 0 Å².